The molecule has 78 valence electrons. The van der Waals surface area contributed by atoms with Crippen LogP contribution in [-0.2, 0) is 4.74 Å². The molecule has 0 aliphatic rings. The lowest BCUT2D eigenvalue weighted by Gasteiger charge is -2.14. The van der Waals surface area contributed by atoms with Crippen LogP contribution >= 0.6 is 11.6 Å². The fourth-order valence-electron chi connectivity index (χ4n) is 1.27. The maximum Gasteiger partial charge on any atom is 0.0556 e. The van der Waals surface area contributed by atoms with Crippen LogP contribution in [0.4, 0.5) is 0 Å². The summed E-state index contributed by atoms with van der Waals surface area (Å²) < 4.78 is 5.28. The quantitative estimate of drug-likeness (QED) is 0.816. The number of aliphatic hydroxyl groups excluding tert-OH is 1. The third-order valence-corrected chi connectivity index (χ3v) is 2.30. The summed E-state index contributed by atoms with van der Waals surface area (Å²) in [7, 11) is 0. The highest BCUT2D eigenvalue weighted by Crippen LogP contribution is 2.19. The average molecular weight is 215 g/mol. The largest absolute Gasteiger partial charge is 0.396 e. The molecule has 0 heterocycles. The van der Waals surface area contributed by atoms with Crippen molar-refractivity contribution in [3.05, 3.63) is 34.9 Å². The van der Waals surface area contributed by atoms with Crippen molar-refractivity contribution in [3.8, 4) is 0 Å². The second-order valence-electron chi connectivity index (χ2n) is 3.09. The van der Waals surface area contributed by atoms with Crippen LogP contribution in [0, 0.1) is 0 Å². The van der Waals surface area contributed by atoms with E-state index in [4.69, 9.17) is 16.3 Å². The number of hydrogen-bond donors (Lipinski definition) is 1. The van der Waals surface area contributed by atoms with E-state index in [0.29, 0.717) is 18.2 Å². The van der Waals surface area contributed by atoms with Crippen LogP contribution < -0.4 is 0 Å². The second-order valence-corrected chi connectivity index (χ2v) is 3.53. The van der Waals surface area contributed by atoms with Crippen LogP contribution in [0.3, 0.4) is 0 Å². The van der Waals surface area contributed by atoms with Gasteiger partial charge in [-0.1, -0.05) is 23.7 Å². The molecule has 0 aliphatic carbocycles. The maximum atomic E-state index is 9.17. The van der Waals surface area contributed by atoms with Gasteiger partial charge in [-0.25, -0.2) is 0 Å². The second kappa shape index (κ2) is 6.02. The molecule has 1 unspecified atom stereocenters. The molecule has 1 rings (SSSR count). The zero-order valence-corrected chi connectivity index (χ0v) is 9.00. The molecule has 1 aromatic carbocycles. The first-order valence-corrected chi connectivity index (χ1v) is 5.09. The minimum absolute atomic E-state index is 0.0219. The third-order valence-electron chi connectivity index (χ3n) is 2.06. The molecule has 2 nitrogen and oxygen atoms in total. The van der Waals surface area contributed by atoms with E-state index >= 15 is 0 Å². The Balaban J connectivity index is 2.68. The Kier molecular flexibility index (Phi) is 4.94. The lowest BCUT2D eigenvalue weighted by Crippen LogP contribution is -2.11. The fourth-order valence-corrected chi connectivity index (χ4v) is 1.47. The molecule has 1 aromatic rings. The summed E-state index contributed by atoms with van der Waals surface area (Å²) in [4.78, 5) is 0. The van der Waals surface area contributed by atoms with Crippen molar-refractivity contribution in [2.45, 2.75) is 12.8 Å². The molecule has 0 saturated heterocycles. The first kappa shape index (κ1) is 11.5. The van der Waals surface area contributed by atoms with Crippen LogP contribution in [0.15, 0.2) is 24.3 Å². The topological polar surface area (TPSA) is 29.5 Å². The van der Waals surface area contributed by atoms with E-state index in [-0.39, 0.29) is 12.5 Å². The van der Waals surface area contributed by atoms with E-state index in [1.807, 2.05) is 31.2 Å². The van der Waals surface area contributed by atoms with Crippen LogP contribution in [-0.4, -0.2) is 24.9 Å². The van der Waals surface area contributed by atoms with Crippen molar-refractivity contribution in [2.75, 3.05) is 19.8 Å². The van der Waals surface area contributed by atoms with Gasteiger partial charge in [0.1, 0.15) is 0 Å². The Morgan fingerprint density at radius 3 is 2.86 bits per heavy atom. The Morgan fingerprint density at radius 2 is 2.29 bits per heavy atom. The minimum Gasteiger partial charge on any atom is -0.396 e. The van der Waals surface area contributed by atoms with Gasteiger partial charge in [0, 0.05) is 17.5 Å². The standard InChI is InChI=1S/C11H15ClO2/c1-2-14-8-10(7-13)9-4-3-5-11(12)6-9/h3-6,10,13H,2,7-8H2,1H3. The van der Waals surface area contributed by atoms with Gasteiger partial charge in [0.15, 0.2) is 0 Å². The minimum atomic E-state index is 0.0219. The van der Waals surface area contributed by atoms with E-state index in [1.54, 1.807) is 0 Å². The van der Waals surface area contributed by atoms with E-state index < -0.39 is 0 Å². The molecule has 14 heavy (non-hydrogen) atoms. The van der Waals surface area contributed by atoms with Gasteiger partial charge in [-0.2, -0.15) is 0 Å². The first-order valence-electron chi connectivity index (χ1n) is 4.72. The molecule has 0 saturated carbocycles. The predicted octanol–water partition coefficient (Wildman–Crippen LogP) is 2.45. The number of ether oxygens (including phenoxy) is 1. The number of aliphatic hydroxyl groups is 1. The van der Waals surface area contributed by atoms with Gasteiger partial charge in [0.2, 0.25) is 0 Å². The van der Waals surface area contributed by atoms with Crippen LogP contribution in [0.5, 0.6) is 0 Å². The summed E-state index contributed by atoms with van der Waals surface area (Å²) in [5.41, 5.74) is 1.02. The fraction of sp³-hybridized carbons (Fsp3) is 0.455. The third kappa shape index (κ3) is 3.29. The van der Waals surface area contributed by atoms with Crippen molar-refractivity contribution in [3.63, 3.8) is 0 Å². The average Bonchev–Trinajstić information content (AvgIpc) is 2.19. The van der Waals surface area contributed by atoms with Crippen LogP contribution in [0.2, 0.25) is 5.02 Å². The molecular weight excluding hydrogens is 200 g/mol. The highest BCUT2D eigenvalue weighted by Gasteiger charge is 2.10. The molecule has 1 atom stereocenters. The van der Waals surface area contributed by atoms with Gasteiger partial charge >= 0.3 is 0 Å². The lowest BCUT2D eigenvalue weighted by atomic mass is 10.0. The smallest absolute Gasteiger partial charge is 0.0556 e. The van der Waals surface area contributed by atoms with Gasteiger partial charge < -0.3 is 9.84 Å². The van der Waals surface area contributed by atoms with Crippen molar-refractivity contribution in [1.29, 1.82) is 0 Å². The number of halogens is 1. The van der Waals surface area contributed by atoms with Gasteiger partial charge in [-0.15, -0.1) is 0 Å². The summed E-state index contributed by atoms with van der Waals surface area (Å²) in [5.74, 6) is 0.0219. The Hall–Kier alpha value is -0.570. The molecule has 0 aromatic heterocycles. The van der Waals surface area contributed by atoms with Gasteiger partial charge in [-0.05, 0) is 24.6 Å². The molecule has 0 bridgehead atoms. The van der Waals surface area contributed by atoms with E-state index in [9.17, 15) is 5.11 Å². The summed E-state index contributed by atoms with van der Waals surface area (Å²) in [6, 6.07) is 7.51. The van der Waals surface area contributed by atoms with E-state index in [1.165, 1.54) is 0 Å². The van der Waals surface area contributed by atoms with Gasteiger partial charge in [-0.3, -0.25) is 0 Å². The van der Waals surface area contributed by atoms with Gasteiger partial charge in [0.25, 0.3) is 0 Å². The summed E-state index contributed by atoms with van der Waals surface area (Å²) in [6.45, 7) is 3.22. The highest BCUT2D eigenvalue weighted by atomic mass is 35.5. The molecule has 0 aliphatic heterocycles. The molecule has 3 heteroatoms. The number of hydrogen-bond acceptors (Lipinski definition) is 2. The molecule has 0 radical (unpaired) electrons. The zero-order chi connectivity index (χ0) is 10.4. The summed E-state index contributed by atoms with van der Waals surface area (Å²) in [6.07, 6.45) is 0. The SMILES string of the molecule is CCOCC(CO)c1cccc(Cl)c1. The molecule has 0 spiro atoms. The molecule has 0 amide bonds. The van der Waals surface area contributed by atoms with Crippen LogP contribution in [0.25, 0.3) is 0 Å². The first-order chi connectivity index (χ1) is 6.77. The van der Waals surface area contributed by atoms with Crippen molar-refractivity contribution < 1.29 is 9.84 Å². The van der Waals surface area contributed by atoms with E-state index in [2.05, 4.69) is 0 Å². The normalized spacial score (nSPS) is 12.8. The van der Waals surface area contributed by atoms with Crippen molar-refractivity contribution in [1.82, 2.24) is 0 Å². The Bertz CT molecular complexity index is 276. The monoisotopic (exact) mass is 214 g/mol. The number of benzene rings is 1. The summed E-state index contributed by atoms with van der Waals surface area (Å²) in [5, 5.41) is 9.87. The van der Waals surface area contributed by atoms with Gasteiger partial charge in [0.05, 0.1) is 13.2 Å². The Morgan fingerprint density at radius 1 is 1.50 bits per heavy atom. The maximum absolute atomic E-state index is 9.17. The van der Waals surface area contributed by atoms with E-state index in [0.717, 1.165) is 5.56 Å². The zero-order valence-electron chi connectivity index (χ0n) is 8.24. The molecule has 1 N–H and O–H groups in total. The number of rotatable bonds is 5. The molecule has 0 fully saturated rings. The highest BCUT2D eigenvalue weighted by molar-refractivity contribution is 6.30. The molecular formula is C11H15ClO2. The Labute approximate surface area is 89.5 Å². The predicted molar refractivity (Wildman–Crippen MR) is 57.8 cm³/mol. The van der Waals surface area contributed by atoms with Crippen molar-refractivity contribution in [2.24, 2.45) is 0 Å². The summed E-state index contributed by atoms with van der Waals surface area (Å²) >= 11 is 5.86. The van der Waals surface area contributed by atoms with Crippen molar-refractivity contribution >= 4 is 11.6 Å². The van der Waals surface area contributed by atoms with Crippen LogP contribution in [0.1, 0.15) is 18.4 Å². The lowest BCUT2D eigenvalue weighted by molar-refractivity contribution is 0.109.